The zero-order valence-corrected chi connectivity index (χ0v) is 18.0. The molecule has 0 bridgehead atoms. The Morgan fingerprint density at radius 1 is 1.12 bits per heavy atom. The lowest BCUT2D eigenvalue weighted by molar-refractivity contribution is -0.384. The van der Waals surface area contributed by atoms with E-state index in [1.54, 1.807) is 24.1 Å². The number of amides is 1. The van der Waals surface area contributed by atoms with E-state index in [0.717, 1.165) is 18.9 Å². The summed E-state index contributed by atoms with van der Waals surface area (Å²) in [6.45, 7) is 3.00. The van der Waals surface area contributed by atoms with E-state index in [1.165, 1.54) is 24.3 Å². The van der Waals surface area contributed by atoms with Gasteiger partial charge >= 0.3 is 5.97 Å². The molecule has 32 heavy (non-hydrogen) atoms. The van der Waals surface area contributed by atoms with Crippen LogP contribution in [0.25, 0.3) is 0 Å². The van der Waals surface area contributed by atoms with Gasteiger partial charge in [-0.1, -0.05) is 25.1 Å². The molecule has 1 fully saturated rings. The number of nitrogens with zero attached hydrogens (tertiary/aromatic N) is 2. The Labute approximate surface area is 185 Å². The monoisotopic (exact) mass is 439 g/mol. The van der Waals surface area contributed by atoms with Crippen LogP contribution in [0.3, 0.4) is 0 Å². The number of carbonyl (C=O) groups excluding carboxylic acids is 3. The van der Waals surface area contributed by atoms with Crippen LogP contribution in [-0.4, -0.2) is 54.2 Å². The number of nitrogens with one attached hydrogen (secondary N) is 1. The number of hydrogen-bond acceptors (Lipinski definition) is 7. The number of hydrogen-bond donors (Lipinski definition) is 1. The highest BCUT2D eigenvalue weighted by Crippen LogP contribution is 2.27. The number of nitro benzene ring substituents is 1. The predicted molar refractivity (Wildman–Crippen MR) is 118 cm³/mol. The van der Waals surface area contributed by atoms with Crippen molar-refractivity contribution < 1.29 is 24.0 Å². The lowest BCUT2D eigenvalue weighted by Crippen LogP contribution is -2.40. The number of esters is 1. The maximum Gasteiger partial charge on any atom is 0.339 e. The first-order valence-corrected chi connectivity index (χ1v) is 10.4. The number of piperidine rings is 1. The molecule has 3 rings (SSSR count). The molecule has 9 nitrogen and oxygen atoms in total. The van der Waals surface area contributed by atoms with Gasteiger partial charge in [0.25, 0.3) is 11.6 Å². The smallest absolute Gasteiger partial charge is 0.339 e. The van der Waals surface area contributed by atoms with Crippen LogP contribution >= 0.6 is 0 Å². The molecule has 2 aromatic rings. The summed E-state index contributed by atoms with van der Waals surface area (Å²) >= 11 is 0. The van der Waals surface area contributed by atoms with E-state index >= 15 is 0 Å². The van der Waals surface area contributed by atoms with Gasteiger partial charge in [-0.2, -0.15) is 0 Å². The number of carbonyl (C=O) groups is 3. The molecule has 1 aliphatic heterocycles. The fourth-order valence-corrected chi connectivity index (χ4v) is 3.60. The number of anilines is 1. The molecule has 9 heteroatoms. The van der Waals surface area contributed by atoms with Crippen molar-refractivity contribution in [3.05, 3.63) is 69.3 Å². The van der Waals surface area contributed by atoms with Gasteiger partial charge in [0, 0.05) is 37.3 Å². The molecule has 1 N–H and O–H groups in total. The van der Waals surface area contributed by atoms with E-state index in [0.29, 0.717) is 19.0 Å². The highest BCUT2D eigenvalue weighted by Gasteiger charge is 2.24. The van der Waals surface area contributed by atoms with Crippen molar-refractivity contribution in [3.63, 3.8) is 0 Å². The Balaban J connectivity index is 1.76. The van der Waals surface area contributed by atoms with Crippen LogP contribution in [0.5, 0.6) is 0 Å². The number of ketones is 1. The average molecular weight is 439 g/mol. The molecular formula is C23H25N3O6. The largest absolute Gasteiger partial charge is 0.452 e. The standard InChI is InChI=1S/C23H25N3O6/c1-15-9-11-25(12-10-15)21(27)14-32-23(29)18-6-4-3-5-17(18)22(28)16-7-8-19(24-2)20(13-16)26(30)31/h3-8,13,15,24H,9-12,14H2,1-2H3. The van der Waals surface area contributed by atoms with Crippen molar-refractivity contribution in [1.82, 2.24) is 4.90 Å². The Kier molecular flexibility index (Phi) is 7.19. The molecule has 1 heterocycles. The third kappa shape index (κ3) is 5.11. The van der Waals surface area contributed by atoms with Gasteiger partial charge in [0.2, 0.25) is 0 Å². The number of likely N-dealkylation sites (tertiary alicyclic amines) is 1. The second-order valence-corrected chi connectivity index (χ2v) is 7.75. The zero-order valence-electron chi connectivity index (χ0n) is 18.0. The second kappa shape index (κ2) is 10.0. The summed E-state index contributed by atoms with van der Waals surface area (Å²) in [7, 11) is 1.54. The van der Waals surface area contributed by atoms with Crippen molar-refractivity contribution in [3.8, 4) is 0 Å². The lowest BCUT2D eigenvalue weighted by Gasteiger charge is -2.30. The topological polar surface area (TPSA) is 119 Å². The van der Waals surface area contributed by atoms with Gasteiger partial charge in [0.05, 0.1) is 10.5 Å². The molecule has 1 amide bonds. The molecule has 0 aliphatic carbocycles. The number of benzene rings is 2. The second-order valence-electron chi connectivity index (χ2n) is 7.75. The highest BCUT2D eigenvalue weighted by atomic mass is 16.6. The minimum Gasteiger partial charge on any atom is -0.452 e. The Bertz CT molecular complexity index is 1040. The van der Waals surface area contributed by atoms with E-state index in [-0.39, 0.29) is 34.0 Å². The van der Waals surface area contributed by atoms with Gasteiger partial charge in [0.15, 0.2) is 12.4 Å². The van der Waals surface area contributed by atoms with Crippen LogP contribution in [0.4, 0.5) is 11.4 Å². The first kappa shape index (κ1) is 22.9. The molecule has 168 valence electrons. The van der Waals surface area contributed by atoms with E-state index in [1.807, 2.05) is 0 Å². The summed E-state index contributed by atoms with van der Waals surface area (Å²) in [4.78, 5) is 50.4. The Hall–Kier alpha value is -3.75. The predicted octanol–water partition coefficient (Wildman–Crippen LogP) is 3.28. The van der Waals surface area contributed by atoms with Gasteiger partial charge < -0.3 is 15.0 Å². The van der Waals surface area contributed by atoms with Crippen LogP contribution in [0.1, 0.15) is 46.0 Å². The summed E-state index contributed by atoms with van der Waals surface area (Å²) in [6.07, 6.45) is 1.82. The number of rotatable bonds is 7. The maximum absolute atomic E-state index is 13.0. The fraction of sp³-hybridized carbons (Fsp3) is 0.348. The minimum atomic E-state index is -0.797. The Morgan fingerprint density at radius 3 is 2.41 bits per heavy atom. The quantitative estimate of drug-likeness (QED) is 0.304. The van der Waals surface area contributed by atoms with Crippen molar-refractivity contribution in [1.29, 1.82) is 0 Å². The summed E-state index contributed by atoms with van der Waals surface area (Å²) in [5.74, 6) is -1.06. The van der Waals surface area contributed by atoms with E-state index in [9.17, 15) is 24.5 Å². The van der Waals surface area contributed by atoms with Crippen molar-refractivity contribution in [2.75, 3.05) is 32.1 Å². The van der Waals surface area contributed by atoms with Crippen molar-refractivity contribution in [2.24, 2.45) is 5.92 Å². The number of ether oxygens (including phenoxy) is 1. The van der Waals surface area contributed by atoms with Crippen LogP contribution < -0.4 is 5.32 Å². The highest BCUT2D eigenvalue weighted by molar-refractivity contribution is 6.15. The van der Waals surface area contributed by atoms with E-state index in [2.05, 4.69) is 12.2 Å². The molecule has 1 saturated heterocycles. The summed E-state index contributed by atoms with van der Waals surface area (Å²) in [5.41, 5.74) is 0.125. The lowest BCUT2D eigenvalue weighted by atomic mass is 9.97. The SMILES string of the molecule is CNc1ccc(C(=O)c2ccccc2C(=O)OCC(=O)N2CCC(C)CC2)cc1[N+](=O)[O-]. The summed E-state index contributed by atoms with van der Waals surface area (Å²) < 4.78 is 5.19. The van der Waals surface area contributed by atoms with Crippen LogP contribution in [0, 0.1) is 16.0 Å². The fourth-order valence-electron chi connectivity index (χ4n) is 3.60. The molecule has 0 aromatic heterocycles. The van der Waals surface area contributed by atoms with Gasteiger partial charge in [-0.3, -0.25) is 19.7 Å². The van der Waals surface area contributed by atoms with Crippen LogP contribution in [0.2, 0.25) is 0 Å². The number of nitro groups is 1. The minimum absolute atomic E-state index is 0.00193. The zero-order chi connectivity index (χ0) is 23.3. The van der Waals surface area contributed by atoms with Gasteiger partial charge in [0.1, 0.15) is 5.69 Å². The van der Waals surface area contributed by atoms with Crippen molar-refractivity contribution >= 4 is 29.0 Å². The molecule has 0 saturated carbocycles. The van der Waals surface area contributed by atoms with Crippen LogP contribution in [0.15, 0.2) is 42.5 Å². The molecular weight excluding hydrogens is 414 g/mol. The van der Waals surface area contributed by atoms with Crippen LogP contribution in [-0.2, 0) is 9.53 Å². The Morgan fingerprint density at radius 2 is 1.78 bits per heavy atom. The molecule has 0 radical (unpaired) electrons. The molecule has 2 aromatic carbocycles. The maximum atomic E-state index is 13.0. The normalized spacial score (nSPS) is 14.0. The van der Waals surface area contributed by atoms with Gasteiger partial charge in [-0.25, -0.2) is 4.79 Å². The summed E-state index contributed by atoms with van der Waals surface area (Å²) in [6, 6.07) is 10.1. The molecule has 0 unspecified atom stereocenters. The molecule has 0 atom stereocenters. The van der Waals surface area contributed by atoms with Gasteiger partial charge in [-0.05, 0) is 37.0 Å². The average Bonchev–Trinajstić information content (AvgIpc) is 2.81. The van der Waals surface area contributed by atoms with Gasteiger partial charge in [-0.15, -0.1) is 0 Å². The molecule has 1 aliphatic rings. The molecule has 0 spiro atoms. The third-order valence-electron chi connectivity index (χ3n) is 5.58. The summed E-state index contributed by atoms with van der Waals surface area (Å²) in [5, 5.41) is 14.0. The third-order valence-corrected chi connectivity index (χ3v) is 5.58. The van der Waals surface area contributed by atoms with Crippen molar-refractivity contribution in [2.45, 2.75) is 19.8 Å². The van der Waals surface area contributed by atoms with E-state index in [4.69, 9.17) is 4.74 Å². The van der Waals surface area contributed by atoms with E-state index < -0.39 is 23.3 Å². The first-order chi connectivity index (χ1) is 15.3. The first-order valence-electron chi connectivity index (χ1n) is 10.4.